The Kier molecular flexibility index (Phi) is 6.96. The lowest BCUT2D eigenvalue weighted by Crippen LogP contribution is -2.34. The quantitative estimate of drug-likeness (QED) is 0.691. The Morgan fingerprint density at radius 2 is 1.84 bits per heavy atom. The van der Waals surface area contributed by atoms with Gasteiger partial charge in [0.2, 0.25) is 5.95 Å². The van der Waals surface area contributed by atoms with E-state index in [1.165, 1.54) is 24.1 Å². The van der Waals surface area contributed by atoms with Gasteiger partial charge in [-0.2, -0.15) is 4.98 Å². The molecule has 0 unspecified atom stereocenters. The van der Waals surface area contributed by atoms with Crippen molar-refractivity contribution in [3.63, 3.8) is 0 Å². The molecule has 1 fully saturated rings. The van der Waals surface area contributed by atoms with Crippen molar-refractivity contribution in [3.8, 4) is 0 Å². The highest BCUT2D eigenvalue weighted by Crippen LogP contribution is 2.30. The Morgan fingerprint density at radius 1 is 1.10 bits per heavy atom. The molecule has 0 radical (unpaired) electrons. The van der Waals surface area contributed by atoms with Crippen LogP contribution in [0, 0.1) is 5.92 Å². The Balaban J connectivity index is 1.30. The average molecular weight is 442 g/mol. The molecule has 166 valence electrons. The number of carbonyl (C=O) groups excluding carboxylic acids is 1. The second kappa shape index (κ2) is 9.86. The molecule has 6 nitrogen and oxygen atoms in total. The minimum absolute atomic E-state index is 0.0930. The van der Waals surface area contributed by atoms with E-state index in [9.17, 15) is 4.79 Å². The second-order valence-electron chi connectivity index (χ2n) is 8.95. The molecule has 0 saturated heterocycles. The molecule has 1 saturated carbocycles. The van der Waals surface area contributed by atoms with E-state index in [-0.39, 0.29) is 5.91 Å². The lowest BCUT2D eigenvalue weighted by molar-refractivity contribution is 0.0943. The summed E-state index contributed by atoms with van der Waals surface area (Å²) >= 11 is 6.13. The molecule has 2 aliphatic carbocycles. The van der Waals surface area contributed by atoms with Crippen LogP contribution in [0.5, 0.6) is 0 Å². The van der Waals surface area contributed by atoms with Gasteiger partial charge in [0, 0.05) is 32.2 Å². The van der Waals surface area contributed by atoms with Crippen molar-refractivity contribution in [2.45, 2.75) is 57.4 Å². The van der Waals surface area contributed by atoms with Crippen LogP contribution in [0.2, 0.25) is 5.02 Å². The number of halogens is 1. The summed E-state index contributed by atoms with van der Waals surface area (Å²) in [7, 11) is 4.12. The standard InChI is InChI=1S/C24H32ClN5O/c1-30(2)22-19-8-4-6-10-21(19)28-24(29-22)27-17-13-11-16(12-14-17)15-26-23(31)18-7-3-5-9-20(18)25/h3,5,7,9,16-17H,4,6,8,10-15H2,1-2H3,(H,26,31)(H,27,28,29)/t16-,17+. The summed E-state index contributed by atoms with van der Waals surface area (Å²) in [6.45, 7) is 0.691. The number of nitrogens with one attached hydrogen (secondary N) is 2. The fourth-order valence-corrected chi connectivity index (χ4v) is 4.90. The fraction of sp³-hybridized carbons (Fsp3) is 0.542. The topological polar surface area (TPSA) is 70.2 Å². The van der Waals surface area contributed by atoms with Gasteiger partial charge in [-0.25, -0.2) is 4.98 Å². The molecule has 0 spiro atoms. The van der Waals surface area contributed by atoms with Gasteiger partial charge >= 0.3 is 0 Å². The zero-order chi connectivity index (χ0) is 21.8. The number of aromatic nitrogens is 2. The van der Waals surface area contributed by atoms with Crippen LogP contribution < -0.4 is 15.5 Å². The third-order valence-corrected chi connectivity index (χ3v) is 6.76. The smallest absolute Gasteiger partial charge is 0.252 e. The van der Waals surface area contributed by atoms with Crippen LogP contribution in [0.4, 0.5) is 11.8 Å². The highest BCUT2D eigenvalue weighted by atomic mass is 35.5. The highest BCUT2D eigenvalue weighted by Gasteiger charge is 2.24. The van der Waals surface area contributed by atoms with Crippen molar-refractivity contribution in [2.24, 2.45) is 5.92 Å². The maximum Gasteiger partial charge on any atom is 0.252 e. The Hall–Kier alpha value is -2.34. The van der Waals surface area contributed by atoms with Gasteiger partial charge in [-0.1, -0.05) is 23.7 Å². The Morgan fingerprint density at radius 3 is 2.58 bits per heavy atom. The molecule has 2 N–H and O–H groups in total. The number of anilines is 2. The van der Waals surface area contributed by atoms with Gasteiger partial charge in [0.05, 0.1) is 16.3 Å². The zero-order valence-electron chi connectivity index (χ0n) is 18.5. The van der Waals surface area contributed by atoms with Crippen molar-refractivity contribution in [1.29, 1.82) is 0 Å². The van der Waals surface area contributed by atoms with Crippen molar-refractivity contribution in [3.05, 3.63) is 46.1 Å². The number of hydrogen-bond donors (Lipinski definition) is 2. The van der Waals surface area contributed by atoms with Gasteiger partial charge in [-0.05, 0) is 69.4 Å². The van der Waals surface area contributed by atoms with E-state index >= 15 is 0 Å². The molecule has 7 heteroatoms. The third-order valence-electron chi connectivity index (χ3n) is 6.43. The van der Waals surface area contributed by atoms with Crippen LogP contribution in [0.15, 0.2) is 24.3 Å². The van der Waals surface area contributed by atoms with Crippen LogP contribution in [0.3, 0.4) is 0 Å². The first-order chi connectivity index (χ1) is 15.0. The fourth-order valence-electron chi connectivity index (χ4n) is 4.68. The number of rotatable bonds is 6. The summed E-state index contributed by atoms with van der Waals surface area (Å²) in [4.78, 5) is 24.2. The Labute approximate surface area is 189 Å². The lowest BCUT2D eigenvalue weighted by atomic mass is 9.86. The molecule has 4 rings (SSSR count). The SMILES string of the molecule is CN(C)c1nc(N[C@H]2CC[C@@H](CNC(=O)c3ccccc3Cl)CC2)nc2c1CCCC2. The van der Waals surface area contributed by atoms with Gasteiger partial charge in [-0.3, -0.25) is 4.79 Å². The number of nitrogens with zero attached hydrogens (tertiary/aromatic N) is 3. The van der Waals surface area contributed by atoms with Crippen LogP contribution in [0.25, 0.3) is 0 Å². The molecule has 2 aromatic rings. The molecule has 1 amide bonds. The summed E-state index contributed by atoms with van der Waals surface area (Å²) in [5.41, 5.74) is 3.07. The summed E-state index contributed by atoms with van der Waals surface area (Å²) in [6, 6.07) is 7.56. The predicted molar refractivity (Wildman–Crippen MR) is 126 cm³/mol. The van der Waals surface area contributed by atoms with E-state index in [1.807, 2.05) is 12.1 Å². The van der Waals surface area contributed by atoms with Crippen LogP contribution in [0.1, 0.15) is 60.1 Å². The van der Waals surface area contributed by atoms with Crippen molar-refractivity contribution in [1.82, 2.24) is 15.3 Å². The van der Waals surface area contributed by atoms with E-state index in [0.29, 0.717) is 29.1 Å². The summed E-state index contributed by atoms with van der Waals surface area (Å²) in [5, 5.41) is 7.14. The van der Waals surface area contributed by atoms with Crippen molar-refractivity contribution in [2.75, 3.05) is 30.9 Å². The van der Waals surface area contributed by atoms with Crippen molar-refractivity contribution < 1.29 is 4.79 Å². The molecule has 31 heavy (non-hydrogen) atoms. The van der Waals surface area contributed by atoms with Crippen LogP contribution in [-0.4, -0.2) is 42.6 Å². The van der Waals surface area contributed by atoms with E-state index in [0.717, 1.165) is 50.3 Å². The largest absolute Gasteiger partial charge is 0.362 e. The lowest BCUT2D eigenvalue weighted by Gasteiger charge is -2.30. The van der Waals surface area contributed by atoms with Crippen LogP contribution >= 0.6 is 11.6 Å². The van der Waals surface area contributed by atoms with E-state index in [1.54, 1.807) is 12.1 Å². The summed E-state index contributed by atoms with van der Waals surface area (Å²) < 4.78 is 0. The van der Waals surface area contributed by atoms with E-state index < -0.39 is 0 Å². The van der Waals surface area contributed by atoms with E-state index in [4.69, 9.17) is 21.6 Å². The molecule has 1 heterocycles. The zero-order valence-corrected chi connectivity index (χ0v) is 19.2. The van der Waals surface area contributed by atoms with Gasteiger partial charge in [0.1, 0.15) is 5.82 Å². The van der Waals surface area contributed by atoms with Gasteiger partial charge in [0.15, 0.2) is 0 Å². The minimum Gasteiger partial charge on any atom is -0.362 e. The number of amides is 1. The normalized spacial score (nSPS) is 20.6. The second-order valence-corrected chi connectivity index (χ2v) is 9.36. The average Bonchev–Trinajstić information content (AvgIpc) is 2.78. The third kappa shape index (κ3) is 5.29. The maximum absolute atomic E-state index is 12.4. The minimum atomic E-state index is -0.0930. The number of aryl methyl sites for hydroxylation is 1. The van der Waals surface area contributed by atoms with Crippen LogP contribution in [-0.2, 0) is 12.8 Å². The van der Waals surface area contributed by atoms with Gasteiger partial charge in [-0.15, -0.1) is 0 Å². The first-order valence-corrected chi connectivity index (χ1v) is 11.8. The number of fused-ring (bicyclic) bond motifs is 1. The number of benzene rings is 1. The van der Waals surface area contributed by atoms with E-state index in [2.05, 4.69) is 29.6 Å². The molecule has 1 aromatic carbocycles. The van der Waals surface area contributed by atoms with Gasteiger partial charge < -0.3 is 15.5 Å². The molecule has 0 aliphatic heterocycles. The summed E-state index contributed by atoms with van der Waals surface area (Å²) in [6.07, 6.45) is 8.83. The van der Waals surface area contributed by atoms with Crippen molar-refractivity contribution >= 4 is 29.3 Å². The maximum atomic E-state index is 12.4. The number of carbonyl (C=O) groups is 1. The Bertz CT molecular complexity index is 924. The molecular formula is C24H32ClN5O. The number of hydrogen-bond acceptors (Lipinski definition) is 5. The first kappa shape index (κ1) is 21.9. The predicted octanol–water partition coefficient (Wildman–Crippen LogP) is 4.48. The van der Waals surface area contributed by atoms with Gasteiger partial charge in [0.25, 0.3) is 5.91 Å². The summed E-state index contributed by atoms with van der Waals surface area (Å²) in [5.74, 6) is 2.22. The highest BCUT2D eigenvalue weighted by molar-refractivity contribution is 6.33. The molecule has 0 atom stereocenters. The molecule has 2 aliphatic rings. The molecular weight excluding hydrogens is 410 g/mol. The molecule has 1 aromatic heterocycles. The molecule has 0 bridgehead atoms. The first-order valence-electron chi connectivity index (χ1n) is 11.4. The monoisotopic (exact) mass is 441 g/mol.